The van der Waals surface area contributed by atoms with Crippen molar-refractivity contribution < 1.29 is 17.2 Å². The lowest BCUT2D eigenvalue weighted by Gasteiger charge is -2.13. The Bertz CT molecular complexity index is 805. The summed E-state index contributed by atoms with van der Waals surface area (Å²) in [5.74, 6) is -2.20. The van der Waals surface area contributed by atoms with Gasteiger partial charge in [-0.05, 0) is 37.1 Å². The molecule has 0 aromatic heterocycles. The maximum Gasteiger partial charge on any atom is 0.264 e. The van der Waals surface area contributed by atoms with Crippen LogP contribution in [0.5, 0.6) is 0 Å². The monoisotopic (exact) mass is 312 g/mol. The molecule has 112 valence electrons. The topological polar surface area (TPSA) is 72.2 Å². The van der Waals surface area contributed by atoms with Gasteiger partial charge in [0.2, 0.25) is 0 Å². The third-order valence-electron chi connectivity index (χ3n) is 3.19. The first kappa shape index (κ1) is 15.2. The van der Waals surface area contributed by atoms with Crippen molar-refractivity contribution in [2.24, 2.45) is 0 Å². The molecule has 0 aliphatic heterocycles. The van der Waals surface area contributed by atoms with E-state index < -0.39 is 32.2 Å². The second kappa shape index (κ2) is 5.33. The van der Waals surface area contributed by atoms with E-state index in [9.17, 15) is 17.2 Å². The molecule has 0 saturated heterocycles. The number of benzene rings is 2. The number of aryl methyl sites for hydroxylation is 1. The third kappa shape index (κ3) is 2.97. The molecule has 4 nitrogen and oxygen atoms in total. The van der Waals surface area contributed by atoms with E-state index in [4.69, 9.17) is 5.73 Å². The van der Waals surface area contributed by atoms with Crippen LogP contribution in [0.3, 0.4) is 0 Å². The lowest BCUT2D eigenvalue weighted by atomic mass is 10.1. The molecule has 0 aliphatic carbocycles. The average Bonchev–Trinajstić information content (AvgIpc) is 2.39. The molecule has 0 bridgehead atoms. The summed E-state index contributed by atoms with van der Waals surface area (Å²) < 4.78 is 53.5. The van der Waals surface area contributed by atoms with Crippen molar-refractivity contribution in [3.8, 4) is 0 Å². The van der Waals surface area contributed by atoms with Gasteiger partial charge in [0, 0.05) is 6.07 Å². The first-order chi connectivity index (χ1) is 9.72. The Balaban J connectivity index is 2.48. The Morgan fingerprint density at radius 1 is 1.10 bits per heavy atom. The maximum atomic E-state index is 13.7. The molecule has 2 aromatic rings. The van der Waals surface area contributed by atoms with Crippen LogP contribution < -0.4 is 10.5 Å². The number of halogens is 2. The molecule has 3 N–H and O–H groups in total. The smallest absolute Gasteiger partial charge is 0.264 e. The number of rotatable bonds is 3. The van der Waals surface area contributed by atoms with Gasteiger partial charge in [-0.15, -0.1) is 0 Å². The van der Waals surface area contributed by atoms with Gasteiger partial charge < -0.3 is 5.73 Å². The minimum Gasteiger partial charge on any atom is -0.396 e. The average molecular weight is 312 g/mol. The lowest BCUT2D eigenvalue weighted by Crippen LogP contribution is -2.16. The first-order valence-corrected chi connectivity index (χ1v) is 7.54. The first-order valence-electron chi connectivity index (χ1n) is 6.06. The van der Waals surface area contributed by atoms with Gasteiger partial charge in [-0.1, -0.05) is 12.1 Å². The van der Waals surface area contributed by atoms with Crippen molar-refractivity contribution in [1.82, 2.24) is 0 Å². The van der Waals surface area contributed by atoms with E-state index in [-0.39, 0.29) is 0 Å². The van der Waals surface area contributed by atoms with Gasteiger partial charge in [0.05, 0.1) is 11.4 Å². The summed E-state index contributed by atoms with van der Waals surface area (Å²) >= 11 is 0. The number of nitrogens with one attached hydrogen (secondary N) is 1. The van der Waals surface area contributed by atoms with E-state index in [1.807, 2.05) is 13.0 Å². The molecule has 0 saturated carbocycles. The number of sulfonamides is 1. The van der Waals surface area contributed by atoms with Crippen LogP contribution in [0, 0.1) is 25.5 Å². The normalized spacial score (nSPS) is 11.4. The lowest BCUT2D eigenvalue weighted by molar-refractivity contribution is 0.553. The molecule has 0 amide bonds. The maximum absolute atomic E-state index is 13.7. The zero-order chi connectivity index (χ0) is 15.8. The number of hydrogen-bond donors (Lipinski definition) is 2. The Morgan fingerprint density at radius 3 is 2.43 bits per heavy atom. The molecule has 0 radical (unpaired) electrons. The van der Waals surface area contributed by atoms with Gasteiger partial charge in [0.1, 0.15) is 16.5 Å². The minimum absolute atomic E-state index is 0.331. The van der Waals surface area contributed by atoms with Gasteiger partial charge in [-0.25, -0.2) is 17.2 Å². The number of hydrogen-bond acceptors (Lipinski definition) is 3. The fourth-order valence-electron chi connectivity index (χ4n) is 1.81. The summed E-state index contributed by atoms with van der Waals surface area (Å²) in [5, 5.41) is 0. The molecule has 0 heterocycles. The highest BCUT2D eigenvalue weighted by Crippen LogP contribution is 2.25. The van der Waals surface area contributed by atoms with Crippen LogP contribution in [-0.2, 0) is 10.0 Å². The summed E-state index contributed by atoms with van der Waals surface area (Å²) in [6.45, 7) is 3.56. The highest BCUT2D eigenvalue weighted by Gasteiger charge is 2.22. The quantitative estimate of drug-likeness (QED) is 0.856. The molecule has 0 atom stereocenters. The van der Waals surface area contributed by atoms with Crippen LogP contribution in [0.25, 0.3) is 0 Å². The highest BCUT2D eigenvalue weighted by molar-refractivity contribution is 7.92. The second-order valence-electron chi connectivity index (χ2n) is 4.66. The summed E-state index contributed by atoms with van der Waals surface area (Å²) in [4.78, 5) is -0.692. The molecule has 2 aromatic carbocycles. The Kier molecular flexibility index (Phi) is 3.87. The third-order valence-corrected chi connectivity index (χ3v) is 4.57. The summed E-state index contributed by atoms with van der Waals surface area (Å²) in [5.41, 5.74) is 6.80. The van der Waals surface area contributed by atoms with Crippen LogP contribution in [0.15, 0.2) is 35.2 Å². The molecule has 7 heteroatoms. The summed E-state index contributed by atoms with van der Waals surface area (Å²) in [6, 6.07) is 6.27. The van der Waals surface area contributed by atoms with Crippen LogP contribution in [0.1, 0.15) is 11.1 Å². The predicted octanol–water partition coefficient (Wildman–Crippen LogP) is 2.96. The zero-order valence-corrected chi connectivity index (χ0v) is 12.3. The van der Waals surface area contributed by atoms with Crippen molar-refractivity contribution in [3.05, 3.63) is 53.1 Å². The number of nitrogen functional groups attached to an aromatic ring is 1. The van der Waals surface area contributed by atoms with Gasteiger partial charge in [0.15, 0.2) is 0 Å². The van der Waals surface area contributed by atoms with Crippen molar-refractivity contribution in [3.63, 3.8) is 0 Å². The summed E-state index contributed by atoms with van der Waals surface area (Å²) in [6.07, 6.45) is 0. The second-order valence-corrected chi connectivity index (χ2v) is 6.31. The number of anilines is 2. The van der Waals surface area contributed by atoms with E-state index in [2.05, 4.69) is 4.72 Å². The van der Waals surface area contributed by atoms with E-state index in [1.54, 1.807) is 19.1 Å². The Morgan fingerprint density at radius 2 is 1.76 bits per heavy atom. The molecule has 0 fully saturated rings. The highest BCUT2D eigenvalue weighted by atomic mass is 32.2. The SMILES string of the molecule is Cc1cccc(NS(=O)(=O)c2cc(N)c(F)cc2F)c1C. The molecule has 0 aliphatic rings. The number of nitrogens with two attached hydrogens (primary N) is 1. The minimum atomic E-state index is -4.19. The van der Waals surface area contributed by atoms with E-state index >= 15 is 0 Å². The van der Waals surface area contributed by atoms with Crippen LogP contribution >= 0.6 is 0 Å². The molecule has 0 unspecified atom stereocenters. The van der Waals surface area contributed by atoms with Crippen molar-refractivity contribution in [2.75, 3.05) is 10.5 Å². The van der Waals surface area contributed by atoms with Crippen LogP contribution in [0.4, 0.5) is 20.2 Å². The van der Waals surface area contributed by atoms with E-state index in [0.29, 0.717) is 11.8 Å². The fourth-order valence-corrected chi connectivity index (χ4v) is 3.03. The Labute approximate surface area is 121 Å². The van der Waals surface area contributed by atoms with Gasteiger partial charge in [-0.2, -0.15) is 0 Å². The molecular weight excluding hydrogens is 298 g/mol. The standard InChI is InChI=1S/C14H14F2N2O2S/c1-8-4-3-5-13(9(8)2)18-21(19,20)14-7-12(17)10(15)6-11(14)16/h3-7,18H,17H2,1-2H3. The Hall–Kier alpha value is -2.15. The van der Waals surface area contributed by atoms with Crippen molar-refractivity contribution >= 4 is 21.4 Å². The summed E-state index contributed by atoms with van der Waals surface area (Å²) in [7, 11) is -4.19. The van der Waals surface area contributed by atoms with Gasteiger partial charge in [-0.3, -0.25) is 4.72 Å². The van der Waals surface area contributed by atoms with Gasteiger partial charge >= 0.3 is 0 Å². The molecule has 21 heavy (non-hydrogen) atoms. The largest absolute Gasteiger partial charge is 0.396 e. The fraction of sp³-hybridized carbons (Fsp3) is 0.143. The van der Waals surface area contributed by atoms with Crippen LogP contribution in [0.2, 0.25) is 0 Å². The molecule has 0 spiro atoms. The van der Waals surface area contributed by atoms with E-state index in [1.165, 1.54) is 0 Å². The zero-order valence-electron chi connectivity index (χ0n) is 11.4. The van der Waals surface area contributed by atoms with Crippen molar-refractivity contribution in [2.45, 2.75) is 18.7 Å². The van der Waals surface area contributed by atoms with E-state index in [0.717, 1.165) is 17.2 Å². The van der Waals surface area contributed by atoms with Gasteiger partial charge in [0.25, 0.3) is 10.0 Å². The molecule has 2 rings (SSSR count). The molecular formula is C14H14F2N2O2S. The van der Waals surface area contributed by atoms with Crippen LogP contribution in [-0.4, -0.2) is 8.42 Å². The van der Waals surface area contributed by atoms with Crippen molar-refractivity contribution in [1.29, 1.82) is 0 Å². The predicted molar refractivity (Wildman–Crippen MR) is 77.5 cm³/mol.